The van der Waals surface area contributed by atoms with Crippen molar-refractivity contribution in [1.29, 1.82) is 0 Å². The second kappa shape index (κ2) is 7.29. The van der Waals surface area contributed by atoms with E-state index in [1.807, 2.05) is 16.7 Å². The van der Waals surface area contributed by atoms with Crippen LogP contribution in [0.3, 0.4) is 0 Å². The third-order valence-electron chi connectivity index (χ3n) is 5.97. The molecule has 0 spiro atoms. The van der Waals surface area contributed by atoms with Crippen molar-refractivity contribution in [3.63, 3.8) is 0 Å². The SMILES string of the molecule is Cn1c(=O)c2c(-c3ccc(Cl)cc3)n3c(c2n(C)c1=O)[C@@H](c1ccc(O)c(O)c1)OCC3. The number of fused-ring (bicyclic) bond motifs is 3. The van der Waals surface area contributed by atoms with Gasteiger partial charge in [-0.25, -0.2) is 4.79 Å². The molecule has 9 heteroatoms. The molecule has 2 N–H and O–H groups in total. The highest BCUT2D eigenvalue weighted by atomic mass is 35.5. The topological polar surface area (TPSA) is 98.6 Å². The molecule has 1 atom stereocenters. The molecule has 164 valence electrons. The molecule has 8 nitrogen and oxygen atoms in total. The molecule has 2 aromatic carbocycles. The van der Waals surface area contributed by atoms with Crippen LogP contribution in [0.15, 0.2) is 52.1 Å². The normalized spacial score (nSPS) is 15.8. The number of ether oxygens (including phenoxy) is 1. The monoisotopic (exact) mass is 453 g/mol. The molecule has 0 saturated carbocycles. The van der Waals surface area contributed by atoms with Gasteiger partial charge in [0.25, 0.3) is 5.56 Å². The van der Waals surface area contributed by atoms with Gasteiger partial charge >= 0.3 is 5.69 Å². The fourth-order valence-corrected chi connectivity index (χ4v) is 4.57. The van der Waals surface area contributed by atoms with Crippen molar-refractivity contribution in [2.45, 2.75) is 12.6 Å². The summed E-state index contributed by atoms with van der Waals surface area (Å²) in [6.07, 6.45) is -0.656. The maximum Gasteiger partial charge on any atom is 0.331 e. The van der Waals surface area contributed by atoms with Gasteiger partial charge in [-0.05, 0) is 35.4 Å². The van der Waals surface area contributed by atoms with Crippen LogP contribution < -0.4 is 11.2 Å². The molecule has 0 aliphatic carbocycles. The number of hydrogen-bond acceptors (Lipinski definition) is 5. The van der Waals surface area contributed by atoms with E-state index in [2.05, 4.69) is 0 Å². The molecular formula is C23H20ClN3O5. The third kappa shape index (κ3) is 2.87. The summed E-state index contributed by atoms with van der Waals surface area (Å²) in [7, 11) is 3.08. The van der Waals surface area contributed by atoms with Crippen molar-refractivity contribution in [2.24, 2.45) is 14.1 Å². The Balaban J connectivity index is 1.93. The van der Waals surface area contributed by atoms with Crippen LogP contribution in [-0.2, 0) is 25.4 Å². The largest absolute Gasteiger partial charge is 0.504 e. The van der Waals surface area contributed by atoms with Gasteiger partial charge in [0.2, 0.25) is 0 Å². The van der Waals surface area contributed by atoms with E-state index in [1.54, 1.807) is 25.2 Å². The molecule has 4 aromatic rings. The zero-order valence-electron chi connectivity index (χ0n) is 17.4. The average Bonchev–Trinajstić information content (AvgIpc) is 3.14. The van der Waals surface area contributed by atoms with Crippen molar-refractivity contribution in [1.82, 2.24) is 13.7 Å². The van der Waals surface area contributed by atoms with Crippen molar-refractivity contribution < 1.29 is 14.9 Å². The molecule has 0 unspecified atom stereocenters. The minimum Gasteiger partial charge on any atom is -0.504 e. The average molecular weight is 454 g/mol. The summed E-state index contributed by atoms with van der Waals surface area (Å²) in [5, 5.41) is 20.8. The molecule has 2 aromatic heterocycles. The van der Waals surface area contributed by atoms with E-state index in [0.717, 1.165) is 10.1 Å². The van der Waals surface area contributed by atoms with E-state index in [4.69, 9.17) is 16.3 Å². The lowest BCUT2D eigenvalue weighted by Crippen LogP contribution is -2.37. The van der Waals surface area contributed by atoms with Crippen molar-refractivity contribution in [2.75, 3.05) is 6.61 Å². The molecule has 1 aliphatic heterocycles. The minimum absolute atomic E-state index is 0.243. The number of nitrogens with zero attached hydrogens (tertiary/aromatic N) is 3. The van der Waals surface area contributed by atoms with E-state index in [-0.39, 0.29) is 11.5 Å². The quantitative estimate of drug-likeness (QED) is 0.455. The van der Waals surface area contributed by atoms with E-state index < -0.39 is 17.4 Å². The van der Waals surface area contributed by atoms with Crippen molar-refractivity contribution in [3.8, 4) is 22.8 Å². The molecule has 0 radical (unpaired) electrons. The summed E-state index contributed by atoms with van der Waals surface area (Å²) in [5.74, 6) is -0.519. The number of benzene rings is 2. The first kappa shape index (κ1) is 20.4. The Hall–Kier alpha value is -3.49. The zero-order valence-corrected chi connectivity index (χ0v) is 18.1. The van der Waals surface area contributed by atoms with Crippen LogP contribution in [0, 0.1) is 0 Å². The highest BCUT2D eigenvalue weighted by Gasteiger charge is 2.33. The number of halogens is 1. The Morgan fingerprint density at radius 1 is 1.00 bits per heavy atom. The van der Waals surface area contributed by atoms with Crippen LogP contribution in [0.25, 0.3) is 22.2 Å². The number of hydrogen-bond donors (Lipinski definition) is 2. The second-order valence-electron chi connectivity index (χ2n) is 7.82. The van der Waals surface area contributed by atoms with Crippen molar-refractivity contribution >= 4 is 22.5 Å². The van der Waals surface area contributed by atoms with Crippen molar-refractivity contribution in [3.05, 3.63) is 79.6 Å². The van der Waals surface area contributed by atoms with Crippen LogP contribution >= 0.6 is 11.6 Å². The number of phenolic OH excluding ortho intramolecular Hbond substituents is 2. The molecule has 32 heavy (non-hydrogen) atoms. The van der Waals surface area contributed by atoms with E-state index in [9.17, 15) is 19.8 Å². The van der Waals surface area contributed by atoms with Gasteiger partial charge in [0.05, 0.1) is 28.9 Å². The molecule has 3 heterocycles. The molecule has 5 rings (SSSR count). The Morgan fingerprint density at radius 3 is 2.41 bits per heavy atom. The van der Waals surface area contributed by atoms with Crippen LogP contribution in [0.2, 0.25) is 5.02 Å². The summed E-state index contributed by atoms with van der Waals surface area (Å²) in [6, 6.07) is 11.6. The smallest absolute Gasteiger partial charge is 0.331 e. The number of phenols is 2. The van der Waals surface area contributed by atoms with Gasteiger partial charge < -0.3 is 19.5 Å². The van der Waals surface area contributed by atoms with Gasteiger partial charge in [0.15, 0.2) is 11.5 Å². The number of rotatable bonds is 2. The van der Waals surface area contributed by atoms with E-state index >= 15 is 0 Å². The summed E-state index contributed by atoms with van der Waals surface area (Å²) < 4.78 is 10.6. The lowest BCUT2D eigenvalue weighted by Gasteiger charge is -2.28. The Morgan fingerprint density at radius 2 is 1.72 bits per heavy atom. The van der Waals surface area contributed by atoms with Gasteiger partial charge in [-0.15, -0.1) is 0 Å². The second-order valence-corrected chi connectivity index (χ2v) is 8.26. The van der Waals surface area contributed by atoms with Gasteiger partial charge in [-0.1, -0.05) is 29.8 Å². The first-order valence-electron chi connectivity index (χ1n) is 10.0. The molecule has 0 amide bonds. The maximum atomic E-state index is 13.3. The maximum absolute atomic E-state index is 13.3. The third-order valence-corrected chi connectivity index (χ3v) is 6.22. The van der Waals surface area contributed by atoms with Crippen LogP contribution in [0.4, 0.5) is 0 Å². The predicted octanol–water partition coefficient (Wildman–Crippen LogP) is 2.89. The fraction of sp³-hybridized carbons (Fsp3) is 0.217. The number of aromatic hydroxyl groups is 2. The fourth-order valence-electron chi connectivity index (χ4n) is 4.45. The van der Waals surface area contributed by atoms with E-state index in [0.29, 0.717) is 46.0 Å². The predicted molar refractivity (Wildman–Crippen MR) is 120 cm³/mol. The minimum atomic E-state index is -0.656. The number of aromatic nitrogens is 3. The molecule has 1 aliphatic rings. The summed E-state index contributed by atoms with van der Waals surface area (Å²) >= 11 is 6.09. The van der Waals surface area contributed by atoms with Crippen LogP contribution in [0.5, 0.6) is 11.5 Å². The van der Waals surface area contributed by atoms with Gasteiger partial charge in [0.1, 0.15) is 6.10 Å². The van der Waals surface area contributed by atoms with Gasteiger partial charge in [-0.2, -0.15) is 0 Å². The Labute approximate surface area is 187 Å². The van der Waals surface area contributed by atoms with Gasteiger partial charge in [0, 0.05) is 25.7 Å². The summed E-state index contributed by atoms with van der Waals surface area (Å²) in [6.45, 7) is 0.828. The zero-order chi connectivity index (χ0) is 22.7. The van der Waals surface area contributed by atoms with Crippen LogP contribution in [0.1, 0.15) is 17.4 Å². The molecule has 0 saturated heterocycles. The first-order valence-corrected chi connectivity index (χ1v) is 10.4. The highest BCUT2D eigenvalue weighted by molar-refractivity contribution is 6.30. The molecule has 0 fully saturated rings. The Kier molecular flexibility index (Phi) is 4.65. The summed E-state index contributed by atoms with van der Waals surface area (Å²) in [4.78, 5) is 26.1. The highest BCUT2D eigenvalue weighted by Crippen LogP contribution is 2.42. The summed E-state index contributed by atoms with van der Waals surface area (Å²) in [5.41, 5.74) is 2.32. The van der Waals surface area contributed by atoms with Crippen LogP contribution in [-0.4, -0.2) is 30.5 Å². The first-order chi connectivity index (χ1) is 15.3. The standard InChI is InChI=1S/C23H20ClN3O5/c1-25-19-17(22(30)26(2)23(25)31)18(12-3-6-14(24)7-4-12)27-9-10-32-21(20(19)27)13-5-8-15(28)16(29)11-13/h3-8,11,21,28-29H,9-10H2,1-2H3/t21-/m1/s1. The Bertz CT molecular complexity index is 1500. The lowest BCUT2D eigenvalue weighted by atomic mass is 10.0. The lowest BCUT2D eigenvalue weighted by molar-refractivity contribution is 0.0477. The molecule has 0 bridgehead atoms. The van der Waals surface area contributed by atoms with E-state index in [1.165, 1.54) is 23.7 Å². The molecular weight excluding hydrogens is 434 g/mol. The number of aryl methyl sites for hydroxylation is 1. The van der Waals surface area contributed by atoms with Gasteiger partial charge in [-0.3, -0.25) is 13.9 Å².